The number of halogens is 1. The van der Waals surface area contributed by atoms with Gasteiger partial charge in [0.05, 0.1) is 21.2 Å². The molecular formula is C15H11ClN2O6. The average Bonchev–Trinajstić information content (AvgIpc) is 2.55. The lowest BCUT2D eigenvalue weighted by molar-refractivity contribution is -0.384. The van der Waals surface area contributed by atoms with E-state index >= 15 is 0 Å². The second-order valence-electron chi connectivity index (χ2n) is 4.59. The van der Waals surface area contributed by atoms with E-state index in [1.807, 2.05) is 0 Å². The van der Waals surface area contributed by atoms with Crippen molar-refractivity contribution in [2.45, 2.75) is 0 Å². The normalized spacial score (nSPS) is 10.0. The van der Waals surface area contributed by atoms with Crippen LogP contribution >= 0.6 is 11.6 Å². The van der Waals surface area contributed by atoms with E-state index in [1.165, 1.54) is 36.4 Å². The maximum Gasteiger partial charge on any atom is 0.338 e. The number of non-ortho nitro benzene ring substituents is 1. The first-order chi connectivity index (χ1) is 11.4. The fourth-order valence-electron chi connectivity index (χ4n) is 1.72. The van der Waals surface area contributed by atoms with E-state index in [1.54, 1.807) is 0 Å². The topological polar surface area (TPSA) is 119 Å². The Bertz CT molecular complexity index is 791. The maximum absolute atomic E-state index is 11.8. The first-order valence-corrected chi connectivity index (χ1v) is 6.94. The number of hydrogen-bond donors (Lipinski definition) is 2. The Labute approximate surface area is 140 Å². The minimum Gasteiger partial charge on any atom is -0.508 e. The molecule has 0 bridgehead atoms. The van der Waals surface area contributed by atoms with Crippen molar-refractivity contribution in [3.05, 3.63) is 63.2 Å². The van der Waals surface area contributed by atoms with Crippen LogP contribution in [-0.2, 0) is 9.53 Å². The summed E-state index contributed by atoms with van der Waals surface area (Å²) >= 11 is 5.85. The Hall–Kier alpha value is -3.13. The molecular weight excluding hydrogens is 340 g/mol. The summed E-state index contributed by atoms with van der Waals surface area (Å²) in [5.74, 6) is -1.47. The summed E-state index contributed by atoms with van der Waals surface area (Å²) in [6.07, 6.45) is 0. The standard InChI is InChI=1S/C15H11ClN2O6/c16-12-6-3-10(18(22)23)7-13(12)17-14(20)8-24-15(21)9-1-4-11(19)5-2-9/h1-7,19H,8H2,(H,17,20). The van der Waals surface area contributed by atoms with Gasteiger partial charge in [-0.2, -0.15) is 0 Å². The summed E-state index contributed by atoms with van der Waals surface area (Å²) in [6, 6.07) is 8.86. The number of nitrogens with zero attached hydrogens (tertiary/aromatic N) is 1. The number of nitrogens with one attached hydrogen (secondary N) is 1. The smallest absolute Gasteiger partial charge is 0.338 e. The van der Waals surface area contributed by atoms with Crippen molar-refractivity contribution in [2.75, 3.05) is 11.9 Å². The number of aromatic hydroxyl groups is 1. The minimum absolute atomic E-state index is 0.00962. The molecule has 2 rings (SSSR count). The predicted molar refractivity (Wildman–Crippen MR) is 85.1 cm³/mol. The third-order valence-electron chi connectivity index (χ3n) is 2.87. The maximum atomic E-state index is 11.8. The van der Waals surface area contributed by atoms with E-state index in [0.29, 0.717) is 0 Å². The van der Waals surface area contributed by atoms with Gasteiger partial charge < -0.3 is 15.2 Å². The SMILES string of the molecule is O=C(COC(=O)c1ccc(O)cc1)Nc1cc([N+](=O)[O-])ccc1Cl. The second-order valence-corrected chi connectivity index (χ2v) is 5.00. The highest BCUT2D eigenvalue weighted by Crippen LogP contribution is 2.26. The van der Waals surface area contributed by atoms with E-state index < -0.39 is 23.4 Å². The molecule has 0 aliphatic carbocycles. The van der Waals surface area contributed by atoms with Crippen LogP contribution in [0.5, 0.6) is 5.75 Å². The molecule has 0 aromatic heterocycles. The third-order valence-corrected chi connectivity index (χ3v) is 3.20. The van der Waals surface area contributed by atoms with Crippen molar-refractivity contribution in [3.8, 4) is 5.75 Å². The van der Waals surface area contributed by atoms with Gasteiger partial charge in [0.15, 0.2) is 6.61 Å². The molecule has 0 radical (unpaired) electrons. The molecule has 0 aliphatic rings. The molecule has 0 atom stereocenters. The molecule has 2 N–H and O–H groups in total. The van der Waals surface area contributed by atoms with Crippen molar-refractivity contribution in [2.24, 2.45) is 0 Å². The number of benzene rings is 2. The van der Waals surface area contributed by atoms with E-state index in [2.05, 4.69) is 5.32 Å². The zero-order chi connectivity index (χ0) is 17.7. The number of rotatable bonds is 5. The first kappa shape index (κ1) is 17.2. The van der Waals surface area contributed by atoms with Gasteiger partial charge in [-0.05, 0) is 30.3 Å². The van der Waals surface area contributed by atoms with Gasteiger partial charge in [0.25, 0.3) is 11.6 Å². The molecule has 2 aromatic rings. The molecule has 0 fully saturated rings. The van der Waals surface area contributed by atoms with Crippen LogP contribution < -0.4 is 5.32 Å². The number of nitro benzene ring substituents is 1. The molecule has 0 unspecified atom stereocenters. The van der Waals surface area contributed by atoms with Gasteiger partial charge in [-0.1, -0.05) is 11.6 Å². The first-order valence-electron chi connectivity index (χ1n) is 6.57. The summed E-state index contributed by atoms with van der Waals surface area (Å²) < 4.78 is 4.81. The number of amides is 1. The fourth-order valence-corrected chi connectivity index (χ4v) is 1.89. The van der Waals surface area contributed by atoms with Gasteiger partial charge in [0.1, 0.15) is 5.75 Å². The van der Waals surface area contributed by atoms with Crippen LogP contribution in [0.1, 0.15) is 10.4 Å². The van der Waals surface area contributed by atoms with Crippen molar-refractivity contribution in [1.29, 1.82) is 0 Å². The average molecular weight is 351 g/mol. The molecule has 0 saturated carbocycles. The predicted octanol–water partition coefficient (Wildman–Crippen LogP) is 2.75. The molecule has 2 aromatic carbocycles. The number of anilines is 1. The minimum atomic E-state index is -0.754. The van der Waals surface area contributed by atoms with Gasteiger partial charge in [0.2, 0.25) is 0 Å². The molecule has 8 nitrogen and oxygen atoms in total. The van der Waals surface area contributed by atoms with Crippen molar-refractivity contribution >= 4 is 34.9 Å². The Morgan fingerprint density at radius 3 is 2.50 bits per heavy atom. The monoisotopic (exact) mass is 350 g/mol. The summed E-state index contributed by atoms with van der Waals surface area (Å²) in [5.41, 5.74) is -0.0404. The van der Waals surface area contributed by atoms with E-state index in [0.717, 1.165) is 6.07 Å². The number of ether oxygens (including phenoxy) is 1. The van der Waals surface area contributed by atoms with Crippen molar-refractivity contribution in [3.63, 3.8) is 0 Å². The number of phenols is 1. The Morgan fingerprint density at radius 2 is 1.88 bits per heavy atom. The zero-order valence-electron chi connectivity index (χ0n) is 12.1. The van der Waals surface area contributed by atoms with Crippen LogP contribution in [0.15, 0.2) is 42.5 Å². The van der Waals surface area contributed by atoms with E-state index in [-0.39, 0.29) is 27.7 Å². The summed E-state index contributed by atoms with van der Waals surface area (Å²) in [5, 5.41) is 22.3. The van der Waals surface area contributed by atoms with Gasteiger partial charge in [-0.25, -0.2) is 4.79 Å². The van der Waals surface area contributed by atoms with Crippen LogP contribution in [-0.4, -0.2) is 28.5 Å². The van der Waals surface area contributed by atoms with Crippen LogP contribution in [0.3, 0.4) is 0 Å². The number of carbonyl (C=O) groups excluding carboxylic acids is 2. The number of nitro groups is 1. The lowest BCUT2D eigenvalue weighted by Gasteiger charge is -2.08. The lowest BCUT2D eigenvalue weighted by atomic mass is 10.2. The van der Waals surface area contributed by atoms with Gasteiger partial charge in [-0.3, -0.25) is 14.9 Å². The third kappa shape index (κ3) is 4.43. The highest BCUT2D eigenvalue weighted by atomic mass is 35.5. The Morgan fingerprint density at radius 1 is 1.21 bits per heavy atom. The molecule has 0 spiro atoms. The number of phenolic OH excluding ortho intramolecular Hbond substituents is 1. The van der Waals surface area contributed by atoms with Gasteiger partial charge in [0, 0.05) is 12.1 Å². The molecule has 24 heavy (non-hydrogen) atoms. The summed E-state index contributed by atoms with van der Waals surface area (Å²) in [7, 11) is 0. The van der Waals surface area contributed by atoms with Crippen LogP contribution in [0.4, 0.5) is 11.4 Å². The quantitative estimate of drug-likeness (QED) is 0.486. The lowest BCUT2D eigenvalue weighted by Crippen LogP contribution is -2.21. The number of carbonyl (C=O) groups is 2. The van der Waals surface area contributed by atoms with Crippen LogP contribution in [0.2, 0.25) is 5.02 Å². The summed E-state index contributed by atoms with van der Waals surface area (Å²) in [6.45, 7) is -0.598. The van der Waals surface area contributed by atoms with Crippen molar-refractivity contribution < 1.29 is 24.4 Å². The molecule has 0 heterocycles. The van der Waals surface area contributed by atoms with Gasteiger partial charge in [-0.15, -0.1) is 0 Å². The zero-order valence-corrected chi connectivity index (χ0v) is 12.8. The largest absolute Gasteiger partial charge is 0.508 e. The van der Waals surface area contributed by atoms with Gasteiger partial charge >= 0.3 is 5.97 Å². The number of esters is 1. The Kier molecular flexibility index (Phi) is 5.33. The highest BCUT2D eigenvalue weighted by molar-refractivity contribution is 6.33. The molecule has 9 heteroatoms. The van der Waals surface area contributed by atoms with E-state index in [9.17, 15) is 19.7 Å². The number of hydrogen-bond acceptors (Lipinski definition) is 6. The van der Waals surface area contributed by atoms with Crippen LogP contribution in [0.25, 0.3) is 0 Å². The molecule has 0 saturated heterocycles. The second kappa shape index (κ2) is 7.42. The van der Waals surface area contributed by atoms with E-state index in [4.69, 9.17) is 21.4 Å². The fraction of sp³-hybridized carbons (Fsp3) is 0.0667. The highest BCUT2D eigenvalue weighted by Gasteiger charge is 2.14. The molecule has 124 valence electrons. The molecule has 0 aliphatic heterocycles. The van der Waals surface area contributed by atoms with Crippen molar-refractivity contribution in [1.82, 2.24) is 0 Å². The van der Waals surface area contributed by atoms with Crippen LogP contribution in [0, 0.1) is 10.1 Å². The molecule has 1 amide bonds. The Balaban J connectivity index is 1.96. The summed E-state index contributed by atoms with van der Waals surface area (Å²) in [4.78, 5) is 33.6.